The fourth-order valence-corrected chi connectivity index (χ4v) is 2.17. The fraction of sp³-hybridized carbons (Fsp3) is 0.357. The van der Waals surface area contributed by atoms with E-state index in [9.17, 15) is 9.90 Å². The van der Waals surface area contributed by atoms with E-state index in [1.54, 1.807) is 0 Å². The maximum Gasteiger partial charge on any atom is 0.0555 e. The summed E-state index contributed by atoms with van der Waals surface area (Å²) >= 11 is 0. The Bertz CT molecular complexity index is 428. The van der Waals surface area contributed by atoms with E-state index >= 15 is 0 Å². The average Bonchev–Trinajstić information content (AvgIpc) is 2.76. The number of rotatable bonds is 5. The minimum Gasteiger partial charge on any atom is -0.549 e. The third-order valence-electron chi connectivity index (χ3n) is 3.11. The fourth-order valence-electron chi connectivity index (χ4n) is 2.17. The Labute approximate surface area is 107 Å². The highest BCUT2D eigenvalue weighted by Gasteiger charge is 2.19. The Hall–Kier alpha value is -1.65. The molecule has 1 heterocycles. The number of carbonyl (C=O) groups is 1. The molecule has 0 spiro atoms. The first-order valence-corrected chi connectivity index (χ1v) is 6.03. The molecule has 0 N–H and O–H groups in total. The molecule has 1 fully saturated rings. The Morgan fingerprint density at radius 1 is 1.28 bits per heavy atom. The number of benzene rings is 1. The number of carboxylic acids is 1. The summed E-state index contributed by atoms with van der Waals surface area (Å²) in [5.41, 5.74) is 2.34. The summed E-state index contributed by atoms with van der Waals surface area (Å²) in [6.07, 6.45) is 1.82. The molecule has 0 atom stereocenters. The zero-order valence-electron chi connectivity index (χ0n) is 10.3. The van der Waals surface area contributed by atoms with E-state index in [-0.39, 0.29) is 6.54 Å². The van der Waals surface area contributed by atoms with Crippen molar-refractivity contribution in [2.24, 2.45) is 0 Å². The van der Waals surface area contributed by atoms with Crippen LogP contribution < -0.4 is 5.11 Å². The van der Waals surface area contributed by atoms with Crippen molar-refractivity contribution in [1.82, 2.24) is 9.80 Å². The smallest absolute Gasteiger partial charge is 0.0555 e. The largest absolute Gasteiger partial charge is 0.549 e. The molecule has 0 radical (unpaired) electrons. The Morgan fingerprint density at radius 2 is 1.94 bits per heavy atom. The number of hydrogen-bond donors (Lipinski definition) is 0. The van der Waals surface area contributed by atoms with Crippen molar-refractivity contribution in [3.05, 3.63) is 42.0 Å². The SMILES string of the molecule is C=Cc1ccc(CN2CCN(CC(=O)[O-])C2)cc1. The van der Waals surface area contributed by atoms with Gasteiger partial charge in [-0.1, -0.05) is 36.9 Å². The molecule has 1 aromatic carbocycles. The molecule has 2 rings (SSSR count). The number of nitrogens with zero attached hydrogens (tertiary/aromatic N) is 2. The van der Waals surface area contributed by atoms with Gasteiger partial charge in [-0.2, -0.15) is 0 Å². The molecule has 4 heteroatoms. The molecule has 18 heavy (non-hydrogen) atoms. The molecule has 96 valence electrons. The van der Waals surface area contributed by atoms with E-state index in [0.29, 0.717) is 6.67 Å². The summed E-state index contributed by atoms with van der Waals surface area (Å²) in [7, 11) is 0. The second-order valence-electron chi connectivity index (χ2n) is 4.56. The molecule has 0 saturated carbocycles. The zero-order chi connectivity index (χ0) is 13.0. The van der Waals surface area contributed by atoms with Gasteiger partial charge in [0.15, 0.2) is 0 Å². The molecule has 1 aromatic rings. The van der Waals surface area contributed by atoms with Gasteiger partial charge in [-0.15, -0.1) is 0 Å². The first-order chi connectivity index (χ1) is 8.67. The second kappa shape index (κ2) is 5.80. The van der Waals surface area contributed by atoms with Gasteiger partial charge in [0.1, 0.15) is 0 Å². The van der Waals surface area contributed by atoms with Gasteiger partial charge < -0.3 is 9.90 Å². The lowest BCUT2D eigenvalue weighted by Gasteiger charge is -2.18. The first-order valence-electron chi connectivity index (χ1n) is 6.03. The van der Waals surface area contributed by atoms with Crippen molar-refractivity contribution < 1.29 is 9.90 Å². The number of carbonyl (C=O) groups excluding carboxylic acids is 1. The zero-order valence-corrected chi connectivity index (χ0v) is 10.3. The summed E-state index contributed by atoms with van der Waals surface area (Å²) in [5, 5.41) is 10.5. The van der Waals surface area contributed by atoms with Crippen LogP contribution in [0.4, 0.5) is 0 Å². The van der Waals surface area contributed by atoms with E-state index < -0.39 is 5.97 Å². The lowest BCUT2D eigenvalue weighted by atomic mass is 10.1. The van der Waals surface area contributed by atoms with E-state index in [4.69, 9.17) is 0 Å². The molecule has 0 bridgehead atoms. The van der Waals surface area contributed by atoms with Gasteiger partial charge in [-0.25, -0.2) is 0 Å². The average molecular weight is 245 g/mol. The summed E-state index contributed by atoms with van der Waals surface area (Å²) in [6, 6.07) is 8.24. The second-order valence-corrected chi connectivity index (χ2v) is 4.56. The van der Waals surface area contributed by atoms with Crippen molar-refractivity contribution in [3.8, 4) is 0 Å². The number of aliphatic carboxylic acids is 1. The molecule has 0 aromatic heterocycles. The van der Waals surface area contributed by atoms with Crippen LogP contribution in [0.15, 0.2) is 30.8 Å². The molecule has 4 nitrogen and oxygen atoms in total. The highest BCUT2D eigenvalue weighted by molar-refractivity contribution is 5.66. The van der Waals surface area contributed by atoms with Crippen LogP contribution in [0.5, 0.6) is 0 Å². The van der Waals surface area contributed by atoms with Crippen LogP contribution in [0.25, 0.3) is 6.08 Å². The summed E-state index contributed by atoms with van der Waals surface area (Å²) in [6.45, 7) is 6.97. The third kappa shape index (κ3) is 3.42. The summed E-state index contributed by atoms with van der Waals surface area (Å²) in [4.78, 5) is 14.6. The molecule has 0 unspecified atom stereocenters. The standard InChI is InChI=1S/C14H18N2O2/c1-2-12-3-5-13(6-4-12)9-15-7-8-16(11-15)10-14(17)18/h2-6H,1,7-11H2,(H,17,18)/p-1. The Morgan fingerprint density at radius 3 is 2.56 bits per heavy atom. The molecule has 0 amide bonds. The molecular formula is C14H17N2O2-. The van der Waals surface area contributed by atoms with E-state index in [1.165, 1.54) is 5.56 Å². The van der Waals surface area contributed by atoms with Crippen LogP contribution >= 0.6 is 0 Å². The topological polar surface area (TPSA) is 46.6 Å². The molecular weight excluding hydrogens is 228 g/mol. The van der Waals surface area contributed by atoms with Crippen LogP contribution in [0.2, 0.25) is 0 Å². The quantitative estimate of drug-likeness (QED) is 0.741. The van der Waals surface area contributed by atoms with Crippen LogP contribution in [0.1, 0.15) is 11.1 Å². The van der Waals surface area contributed by atoms with Crippen molar-refractivity contribution in [1.29, 1.82) is 0 Å². The Balaban J connectivity index is 1.86. The van der Waals surface area contributed by atoms with Gasteiger partial charge in [-0.05, 0) is 11.1 Å². The number of carboxylic acid groups (broad SMARTS) is 1. The van der Waals surface area contributed by atoms with Crippen molar-refractivity contribution in [3.63, 3.8) is 0 Å². The lowest BCUT2D eigenvalue weighted by Crippen LogP contribution is -2.37. The van der Waals surface area contributed by atoms with Crippen LogP contribution in [-0.4, -0.2) is 42.1 Å². The van der Waals surface area contributed by atoms with Gasteiger partial charge in [-0.3, -0.25) is 9.80 Å². The van der Waals surface area contributed by atoms with E-state index in [2.05, 4.69) is 23.6 Å². The lowest BCUT2D eigenvalue weighted by molar-refractivity contribution is -0.306. The van der Waals surface area contributed by atoms with Crippen LogP contribution in [0, 0.1) is 0 Å². The normalized spacial score (nSPS) is 16.9. The summed E-state index contributed by atoms with van der Waals surface area (Å²) < 4.78 is 0. The third-order valence-corrected chi connectivity index (χ3v) is 3.11. The molecule has 1 aliphatic rings. The first kappa shape index (κ1) is 12.8. The van der Waals surface area contributed by atoms with Gasteiger partial charge in [0, 0.05) is 26.2 Å². The highest BCUT2D eigenvalue weighted by atomic mass is 16.4. The van der Waals surface area contributed by atoms with Crippen LogP contribution in [-0.2, 0) is 11.3 Å². The molecule has 1 aliphatic heterocycles. The van der Waals surface area contributed by atoms with Gasteiger partial charge >= 0.3 is 0 Å². The maximum atomic E-state index is 10.5. The van der Waals surface area contributed by atoms with Gasteiger partial charge in [0.2, 0.25) is 0 Å². The minimum absolute atomic E-state index is 0.0197. The maximum absolute atomic E-state index is 10.5. The van der Waals surface area contributed by atoms with E-state index in [0.717, 1.165) is 25.2 Å². The molecule has 0 aliphatic carbocycles. The monoisotopic (exact) mass is 245 g/mol. The predicted octanol–water partition coefficient (Wildman–Crippen LogP) is 0.155. The van der Waals surface area contributed by atoms with Gasteiger partial charge in [0.25, 0.3) is 0 Å². The highest BCUT2D eigenvalue weighted by Crippen LogP contribution is 2.12. The van der Waals surface area contributed by atoms with E-state index in [1.807, 2.05) is 23.1 Å². The minimum atomic E-state index is -1.01. The Kier molecular flexibility index (Phi) is 4.12. The molecule has 1 saturated heterocycles. The van der Waals surface area contributed by atoms with Crippen molar-refractivity contribution >= 4 is 12.0 Å². The van der Waals surface area contributed by atoms with Gasteiger partial charge in [0.05, 0.1) is 12.6 Å². The van der Waals surface area contributed by atoms with Crippen molar-refractivity contribution in [2.75, 3.05) is 26.3 Å². The predicted molar refractivity (Wildman–Crippen MR) is 68.4 cm³/mol. The summed E-state index contributed by atoms with van der Waals surface area (Å²) in [5.74, 6) is -1.01. The van der Waals surface area contributed by atoms with Crippen molar-refractivity contribution in [2.45, 2.75) is 6.54 Å². The van der Waals surface area contributed by atoms with Crippen LogP contribution in [0.3, 0.4) is 0 Å². The number of hydrogen-bond acceptors (Lipinski definition) is 4.